The van der Waals surface area contributed by atoms with Crippen LogP contribution in [0, 0.1) is 0 Å². The molecule has 0 aromatic heterocycles. The molecule has 32 heavy (non-hydrogen) atoms. The number of hydrogen-bond donors (Lipinski definition) is 1. The van der Waals surface area contributed by atoms with Crippen LogP contribution in [0.1, 0.15) is 73.2 Å². The first-order valence-electron chi connectivity index (χ1n) is 12.7. The molecule has 0 spiro atoms. The van der Waals surface area contributed by atoms with Crippen LogP contribution in [0.15, 0.2) is 54.6 Å². The van der Waals surface area contributed by atoms with E-state index in [9.17, 15) is 4.79 Å². The molecule has 0 bridgehead atoms. The second kappa shape index (κ2) is 10.1. The molecular formula is C28H37N3O. The average molecular weight is 432 g/mol. The lowest BCUT2D eigenvalue weighted by Gasteiger charge is -2.39. The maximum Gasteiger partial charge on any atom is 0.251 e. The third kappa shape index (κ3) is 4.85. The van der Waals surface area contributed by atoms with E-state index in [1.54, 1.807) is 0 Å². The molecular weight excluding hydrogens is 394 g/mol. The van der Waals surface area contributed by atoms with Gasteiger partial charge in [-0.1, -0.05) is 49.2 Å². The topological polar surface area (TPSA) is 35.6 Å². The number of hydrogen-bond acceptors (Lipinski definition) is 3. The summed E-state index contributed by atoms with van der Waals surface area (Å²) >= 11 is 0. The summed E-state index contributed by atoms with van der Waals surface area (Å²) in [5.74, 6) is 0.702. The summed E-state index contributed by atoms with van der Waals surface area (Å²) in [5, 5.41) is 3.28. The van der Waals surface area contributed by atoms with Gasteiger partial charge < -0.3 is 15.1 Å². The summed E-state index contributed by atoms with van der Waals surface area (Å²) in [5.41, 5.74) is 3.66. The first-order valence-corrected chi connectivity index (χ1v) is 12.7. The minimum atomic E-state index is 0.0463. The summed E-state index contributed by atoms with van der Waals surface area (Å²) in [6.45, 7) is 4.48. The molecule has 4 heteroatoms. The number of piperidine rings is 2. The molecule has 3 fully saturated rings. The molecule has 5 rings (SSSR count). The summed E-state index contributed by atoms with van der Waals surface area (Å²) in [6.07, 6.45) is 10.4. The van der Waals surface area contributed by atoms with Crippen molar-refractivity contribution in [3.8, 4) is 0 Å². The van der Waals surface area contributed by atoms with E-state index < -0.39 is 0 Å². The van der Waals surface area contributed by atoms with Crippen molar-refractivity contribution in [2.24, 2.45) is 0 Å². The quantitative estimate of drug-likeness (QED) is 0.706. The minimum Gasteiger partial charge on any atom is -0.369 e. The molecule has 1 amide bonds. The van der Waals surface area contributed by atoms with Crippen molar-refractivity contribution in [1.29, 1.82) is 0 Å². The van der Waals surface area contributed by atoms with Crippen molar-refractivity contribution in [3.63, 3.8) is 0 Å². The largest absolute Gasteiger partial charge is 0.369 e. The highest BCUT2D eigenvalue weighted by molar-refractivity contribution is 5.94. The number of rotatable bonds is 5. The Kier molecular flexibility index (Phi) is 6.77. The number of amides is 1. The molecule has 4 nitrogen and oxygen atoms in total. The van der Waals surface area contributed by atoms with E-state index in [1.165, 1.54) is 62.9 Å². The summed E-state index contributed by atoms with van der Waals surface area (Å²) in [7, 11) is 0. The van der Waals surface area contributed by atoms with Crippen molar-refractivity contribution in [1.82, 2.24) is 10.2 Å². The molecule has 2 aliphatic heterocycles. The number of nitrogens with zero attached hydrogens (tertiary/aromatic N) is 2. The summed E-state index contributed by atoms with van der Waals surface area (Å²) in [4.78, 5) is 18.0. The van der Waals surface area contributed by atoms with Crippen LogP contribution in [0.5, 0.6) is 0 Å². The van der Waals surface area contributed by atoms with Gasteiger partial charge in [0.2, 0.25) is 0 Å². The van der Waals surface area contributed by atoms with Crippen LogP contribution in [-0.2, 0) is 0 Å². The fraction of sp³-hybridized carbons (Fsp3) is 0.536. The number of benzene rings is 2. The number of para-hydroxylation sites is 1. The van der Waals surface area contributed by atoms with Crippen molar-refractivity contribution in [2.75, 3.05) is 31.1 Å². The average Bonchev–Trinajstić information content (AvgIpc) is 3.40. The molecule has 2 saturated heterocycles. The van der Waals surface area contributed by atoms with E-state index in [4.69, 9.17) is 0 Å². The molecule has 1 N–H and O–H groups in total. The van der Waals surface area contributed by atoms with E-state index >= 15 is 0 Å². The third-order valence-corrected chi connectivity index (χ3v) is 7.88. The van der Waals surface area contributed by atoms with Gasteiger partial charge in [0, 0.05) is 36.4 Å². The molecule has 170 valence electrons. The smallest absolute Gasteiger partial charge is 0.251 e. The van der Waals surface area contributed by atoms with Crippen LogP contribution >= 0.6 is 0 Å². The lowest BCUT2D eigenvalue weighted by molar-refractivity contribution is 0.0933. The van der Waals surface area contributed by atoms with Gasteiger partial charge in [0.15, 0.2) is 0 Å². The molecule has 0 unspecified atom stereocenters. The molecule has 2 heterocycles. The zero-order valence-electron chi connectivity index (χ0n) is 19.2. The van der Waals surface area contributed by atoms with Crippen LogP contribution in [0.4, 0.5) is 5.69 Å². The van der Waals surface area contributed by atoms with E-state index in [-0.39, 0.29) is 11.9 Å². The molecule has 2 aromatic carbocycles. The SMILES string of the molecule is O=C(N[C@@H]1CCCN(c2ccccc2C2CCN(C3CCCC3)CC2)C1)c1ccccc1. The van der Waals surface area contributed by atoms with Gasteiger partial charge in [0.1, 0.15) is 0 Å². The lowest BCUT2D eigenvalue weighted by atomic mass is 9.87. The number of carbonyl (C=O) groups excluding carboxylic acids is 1. The first kappa shape index (κ1) is 21.5. The fourth-order valence-electron chi connectivity index (χ4n) is 6.14. The normalized spacial score (nSPS) is 23.4. The van der Waals surface area contributed by atoms with E-state index in [0.717, 1.165) is 37.5 Å². The van der Waals surface area contributed by atoms with Crippen molar-refractivity contribution >= 4 is 11.6 Å². The number of nitrogens with one attached hydrogen (secondary N) is 1. The molecule has 1 atom stereocenters. The number of carbonyl (C=O) groups is 1. The van der Waals surface area contributed by atoms with E-state index in [2.05, 4.69) is 39.4 Å². The van der Waals surface area contributed by atoms with Gasteiger partial charge in [-0.25, -0.2) is 0 Å². The molecule has 2 aromatic rings. The summed E-state index contributed by atoms with van der Waals surface area (Å²) in [6, 6.07) is 19.7. The van der Waals surface area contributed by atoms with Crippen molar-refractivity contribution in [2.45, 2.75) is 69.4 Å². The van der Waals surface area contributed by atoms with Crippen LogP contribution in [0.25, 0.3) is 0 Å². The van der Waals surface area contributed by atoms with Gasteiger partial charge in [-0.2, -0.15) is 0 Å². The minimum absolute atomic E-state index is 0.0463. The van der Waals surface area contributed by atoms with Crippen LogP contribution in [0.2, 0.25) is 0 Å². The van der Waals surface area contributed by atoms with Crippen molar-refractivity contribution in [3.05, 3.63) is 65.7 Å². The predicted molar refractivity (Wildman–Crippen MR) is 131 cm³/mol. The molecule has 3 aliphatic rings. The van der Waals surface area contributed by atoms with Gasteiger partial charge >= 0.3 is 0 Å². The molecule has 1 saturated carbocycles. The standard InChI is InChI=1S/C28H37N3O/c32-28(23-9-2-1-3-10-23)29-24-11-8-18-31(21-24)27-15-7-6-14-26(27)22-16-19-30(20-17-22)25-12-4-5-13-25/h1-3,6-7,9-10,14-15,22,24-25H,4-5,8,11-13,16-21H2,(H,29,32)/t24-/m1/s1. The first-order chi connectivity index (χ1) is 15.8. The van der Waals surface area contributed by atoms with Gasteiger partial charge in [-0.15, -0.1) is 0 Å². The van der Waals surface area contributed by atoms with Crippen LogP contribution < -0.4 is 10.2 Å². The highest BCUT2D eigenvalue weighted by Crippen LogP contribution is 2.37. The predicted octanol–water partition coefficient (Wildman–Crippen LogP) is 5.21. The van der Waals surface area contributed by atoms with Crippen LogP contribution in [-0.4, -0.2) is 49.1 Å². The van der Waals surface area contributed by atoms with E-state index in [1.807, 2.05) is 30.3 Å². The maximum atomic E-state index is 12.7. The van der Waals surface area contributed by atoms with Crippen molar-refractivity contribution < 1.29 is 4.79 Å². The second-order valence-electron chi connectivity index (χ2n) is 9.93. The van der Waals surface area contributed by atoms with Gasteiger partial charge in [-0.3, -0.25) is 4.79 Å². The molecule has 0 radical (unpaired) electrons. The Labute approximate surface area is 193 Å². The highest BCUT2D eigenvalue weighted by Gasteiger charge is 2.30. The zero-order valence-corrected chi connectivity index (χ0v) is 19.2. The Balaban J connectivity index is 1.23. The van der Waals surface area contributed by atoms with E-state index in [0.29, 0.717) is 5.92 Å². The Bertz CT molecular complexity index is 885. The Morgan fingerprint density at radius 1 is 0.781 bits per heavy atom. The Morgan fingerprint density at radius 2 is 1.50 bits per heavy atom. The van der Waals surface area contributed by atoms with Crippen LogP contribution in [0.3, 0.4) is 0 Å². The zero-order chi connectivity index (χ0) is 21.8. The highest BCUT2D eigenvalue weighted by atomic mass is 16.1. The monoisotopic (exact) mass is 431 g/mol. The molecule has 1 aliphatic carbocycles. The van der Waals surface area contributed by atoms with Gasteiger partial charge in [0.25, 0.3) is 5.91 Å². The number of likely N-dealkylation sites (tertiary alicyclic amines) is 1. The lowest BCUT2D eigenvalue weighted by Crippen LogP contribution is -2.48. The third-order valence-electron chi connectivity index (χ3n) is 7.88. The summed E-state index contributed by atoms with van der Waals surface area (Å²) < 4.78 is 0. The Hall–Kier alpha value is -2.33. The fourth-order valence-corrected chi connectivity index (χ4v) is 6.14. The maximum absolute atomic E-state index is 12.7. The number of anilines is 1. The second-order valence-corrected chi connectivity index (χ2v) is 9.93. The van der Waals surface area contributed by atoms with Gasteiger partial charge in [0.05, 0.1) is 0 Å². The Morgan fingerprint density at radius 3 is 2.28 bits per heavy atom. The van der Waals surface area contributed by atoms with Gasteiger partial charge in [-0.05, 0) is 81.3 Å².